The van der Waals surface area contributed by atoms with E-state index >= 15 is 4.39 Å². The summed E-state index contributed by atoms with van der Waals surface area (Å²) in [6.07, 6.45) is -1.10. The lowest BCUT2D eigenvalue weighted by atomic mass is 10.1. The summed E-state index contributed by atoms with van der Waals surface area (Å²) in [6, 6.07) is 4.35. The first-order valence-corrected chi connectivity index (χ1v) is 10.9. The van der Waals surface area contributed by atoms with Crippen LogP contribution in [0.1, 0.15) is 40.7 Å². The van der Waals surface area contributed by atoms with E-state index in [2.05, 4.69) is 29.9 Å². The van der Waals surface area contributed by atoms with Crippen molar-refractivity contribution >= 4 is 46.9 Å². The molecule has 0 spiro atoms. The van der Waals surface area contributed by atoms with E-state index in [4.69, 9.17) is 5.11 Å². The Hall–Kier alpha value is -3.94. The third-order valence-corrected chi connectivity index (χ3v) is 6.09. The number of aromatic carboxylic acids is 1. The van der Waals surface area contributed by atoms with E-state index in [0.717, 1.165) is 0 Å². The van der Waals surface area contributed by atoms with Crippen LogP contribution in [0, 0.1) is 12.7 Å². The highest BCUT2D eigenvalue weighted by molar-refractivity contribution is 5.92. The van der Waals surface area contributed by atoms with Gasteiger partial charge in [0.05, 0.1) is 10.9 Å². The third kappa shape index (κ3) is 5.01. The lowest BCUT2D eigenvalue weighted by Crippen LogP contribution is -2.35. The Labute approximate surface area is 212 Å². The minimum absolute atomic E-state index is 0. The molecule has 1 aliphatic rings. The lowest BCUT2D eigenvalue weighted by molar-refractivity contribution is -0.159. The standard InChI is InChI=1S/C22H19F4N7O3.ClH/c1-11-8-12(19(34)35)2-3-15(11)29-17-16-14(23)9-33(18(16)28-10-27-17)13-4-6-32(7-5-13)21-30-20(36-31-21)22(24,25)26;/h2-3,8-10,13H,4-7H2,1H3,(H,34,35)(H,27,28,29);1H. The first-order chi connectivity index (χ1) is 17.1. The molecule has 4 aromatic rings. The quantitative estimate of drug-likeness (QED) is 0.336. The van der Waals surface area contributed by atoms with Crippen LogP contribution >= 0.6 is 12.4 Å². The molecule has 3 aromatic heterocycles. The second kappa shape index (κ2) is 9.84. The molecule has 1 fully saturated rings. The topological polar surface area (TPSA) is 122 Å². The Balaban J connectivity index is 0.00000320. The number of nitrogens with zero attached hydrogens (tertiary/aromatic N) is 6. The average molecular weight is 542 g/mol. The highest BCUT2D eigenvalue weighted by atomic mass is 35.5. The van der Waals surface area contributed by atoms with Crippen molar-refractivity contribution in [2.24, 2.45) is 0 Å². The van der Waals surface area contributed by atoms with Crippen LogP contribution in [0.4, 0.5) is 35.0 Å². The van der Waals surface area contributed by atoms with Crippen molar-refractivity contribution in [3.63, 3.8) is 0 Å². The maximum atomic E-state index is 15.1. The van der Waals surface area contributed by atoms with Crippen LogP contribution in [-0.2, 0) is 6.18 Å². The van der Waals surface area contributed by atoms with Crippen LogP contribution in [0.2, 0.25) is 0 Å². The first kappa shape index (κ1) is 26.1. The first-order valence-electron chi connectivity index (χ1n) is 10.9. The van der Waals surface area contributed by atoms with Gasteiger partial charge in [-0.05, 0) is 48.7 Å². The van der Waals surface area contributed by atoms with Gasteiger partial charge in [0.1, 0.15) is 17.8 Å². The van der Waals surface area contributed by atoms with Gasteiger partial charge in [0.15, 0.2) is 5.82 Å². The molecule has 196 valence electrons. The average Bonchev–Trinajstić information content (AvgIpc) is 3.46. The number of halogens is 5. The summed E-state index contributed by atoms with van der Waals surface area (Å²) in [5, 5.41) is 15.8. The van der Waals surface area contributed by atoms with Gasteiger partial charge in [0.25, 0.3) is 5.95 Å². The largest absolute Gasteiger partial charge is 0.478 e. The Kier molecular flexibility index (Phi) is 6.95. The van der Waals surface area contributed by atoms with Crippen LogP contribution < -0.4 is 10.2 Å². The zero-order chi connectivity index (χ0) is 25.6. The number of carboxylic acid groups (broad SMARTS) is 1. The van der Waals surface area contributed by atoms with Gasteiger partial charge in [-0.25, -0.2) is 19.2 Å². The number of fused-ring (bicyclic) bond motifs is 1. The number of aryl methyl sites for hydroxylation is 1. The number of carboxylic acids is 1. The predicted octanol–water partition coefficient (Wildman–Crippen LogP) is 4.99. The fourth-order valence-corrected chi connectivity index (χ4v) is 4.28. The molecule has 0 aliphatic carbocycles. The SMILES string of the molecule is Cc1cc(C(=O)O)ccc1Nc1ncnc2c1c(F)cn2C1CCN(c2noc(C(F)(F)F)n2)CC1.Cl. The van der Waals surface area contributed by atoms with Gasteiger partial charge in [-0.2, -0.15) is 18.2 Å². The molecular formula is C22H20ClF4N7O3. The molecule has 0 unspecified atom stereocenters. The predicted molar refractivity (Wildman–Crippen MR) is 126 cm³/mol. The number of anilines is 3. The molecule has 0 amide bonds. The van der Waals surface area contributed by atoms with Crippen LogP contribution in [0.25, 0.3) is 11.0 Å². The number of hydrogen-bond acceptors (Lipinski definition) is 8. The third-order valence-electron chi connectivity index (χ3n) is 6.09. The van der Waals surface area contributed by atoms with Gasteiger partial charge in [-0.3, -0.25) is 0 Å². The molecule has 1 aliphatic heterocycles. The van der Waals surface area contributed by atoms with Crippen molar-refractivity contribution in [2.75, 3.05) is 23.3 Å². The van der Waals surface area contributed by atoms with Crippen molar-refractivity contribution in [3.8, 4) is 0 Å². The van der Waals surface area contributed by atoms with Crippen LogP contribution in [0.15, 0.2) is 35.2 Å². The minimum atomic E-state index is -4.71. The van der Waals surface area contributed by atoms with Gasteiger partial charge >= 0.3 is 18.0 Å². The van der Waals surface area contributed by atoms with E-state index in [1.54, 1.807) is 22.5 Å². The van der Waals surface area contributed by atoms with E-state index in [-0.39, 0.29) is 41.2 Å². The zero-order valence-electron chi connectivity index (χ0n) is 19.2. The van der Waals surface area contributed by atoms with Gasteiger partial charge < -0.3 is 24.4 Å². The summed E-state index contributed by atoms with van der Waals surface area (Å²) in [7, 11) is 0. The molecular weight excluding hydrogens is 522 g/mol. The summed E-state index contributed by atoms with van der Waals surface area (Å²) >= 11 is 0. The van der Waals surface area contributed by atoms with Gasteiger partial charge in [-0.1, -0.05) is 0 Å². The van der Waals surface area contributed by atoms with Crippen LogP contribution in [0.3, 0.4) is 0 Å². The second-order valence-corrected chi connectivity index (χ2v) is 8.38. The molecule has 5 rings (SSSR count). The van der Waals surface area contributed by atoms with Gasteiger partial charge in [0, 0.05) is 31.0 Å². The van der Waals surface area contributed by atoms with Gasteiger partial charge in [-0.15, -0.1) is 12.4 Å². The number of benzene rings is 1. The van der Waals surface area contributed by atoms with E-state index in [0.29, 0.717) is 42.8 Å². The van der Waals surface area contributed by atoms with Crippen molar-refractivity contribution in [1.29, 1.82) is 0 Å². The number of aromatic nitrogens is 5. The van der Waals surface area contributed by atoms with E-state index < -0.39 is 23.9 Å². The summed E-state index contributed by atoms with van der Waals surface area (Å²) in [6.45, 7) is 2.41. The van der Waals surface area contributed by atoms with Crippen molar-refractivity contribution < 1.29 is 32.0 Å². The van der Waals surface area contributed by atoms with Crippen molar-refractivity contribution in [2.45, 2.75) is 32.0 Å². The van der Waals surface area contributed by atoms with Crippen molar-refractivity contribution in [1.82, 2.24) is 24.7 Å². The normalized spacial score (nSPS) is 14.6. The number of alkyl halides is 3. The maximum Gasteiger partial charge on any atom is 0.471 e. The Morgan fingerprint density at radius 3 is 2.57 bits per heavy atom. The molecule has 0 bridgehead atoms. The molecule has 10 nitrogen and oxygen atoms in total. The summed E-state index contributed by atoms with van der Waals surface area (Å²) in [5.74, 6) is -2.90. The van der Waals surface area contributed by atoms with Crippen LogP contribution in [0.5, 0.6) is 0 Å². The van der Waals surface area contributed by atoms with E-state index in [1.807, 2.05) is 0 Å². The lowest BCUT2D eigenvalue weighted by Gasteiger charge is -2.31. The number of hydrogen-bond donors (Lipinski definition) is 2. The highest BCUT2D eigenvalue weighted by Gasteiger charge is 2.39. The fraction of sp³-hybridized carbons (Fsp3) is 0.318. The summed E-state index contributed by atoms with van der Waals surface area (Å²) in [5.41, 5.74) is 1.70. The molecule has 0 saturated carbocycles. The fourth-order valence-electron chi connectivity index (χ4n) is 4.28. The molecule has 4 heterocycles. The van der Waals surface area contributed by atoms with E-state index in [1.165, 1.54) is 24.7 Å². The smallest absolute Gasteiger partial charge is 0.471 e. The molecule has 1 saturated heterocycles. The molecule has 0 atom stereocenters. The molecule has 2 N–H and O–H groups in total. The van der Waals surface area contributed by atoms with Gasteiger partial charge in [0.2, 0.25) is 0 Å². The zero-order valence-corrected chi connectivity index (χ0v) is 20.0. The second-order valence-electron chi connectivity index (χ2n) is 8.38. The highest BCUT2D eigenvalue weighted by Crippen LogP contribution is 2.34. The van der Waals surface area contributed by atoms with Crippen LogP contribution in [-0.4, -0.2) is 48.8 Å². The Bertz CT molecular complexity index is 1450. The van der Waals surface area contributed by atoms with E-state index in [9.17, 15) is 18.0 Å². The number of nitrogens with one attached hydrogen (secondary N) is 1. The Morgan fingerprint density at radius 1 is 1.22 bits per heavy atom. The molecule has 37 heavy (non-hydrogen) atoms. The monoisotopic (exact) mass is 541 g/mol. The molecule has 0 radical (unpaired) electrons. The molecule has 1 aromatic carbocycles. The number of piperidine rings is 1. The number of carbonyl (C=O) groups is 1. The number of rotatable bonds is 5. The maximum absolute atomic E-state index is 15.1. The summed E-state index contributed by atoms with van der Waals surface area (Å²) < 4.78 is 59.3. The summed E-state index contributed by atoms with van der Waals surface area (Å²) in [4.78, 5) is 24.6. The van der Waals surface area contributed by atoms with Crippen molar-refractivity contribution in [3.05, 3.63) is 53.6 Å². The minimum Gasteiger partial charge on any atom is -0.478 e. The molecule has 15 heteroatoms. The Morgan fingerprint density at radius 2 is 1.95 bits per heavy atom.